The van der Waals surface area contributed by atoms with Crippen molar-refractivity contribution in [3.05, 3.63) is 58.7 Å². The van der Waals surface area contributed by atoms with Crippen molar-refractivity contribution < 1.29 is 9.53 Å². The first-order chi connectivity index (χ1) is 13.4. The fraction of sp³-hybridized carbons (Fsp3) is 0.458. The lowest BCUT2D eigenvalue weighted by Crippen LogP contribution is -2.52. The number of nitrogens with zero attached hydrogens (tertiary/aromatic N) is 2. The Labute approximate surface area is 169 Å². The standard InChI is InChI=1S/C24H32N2O2/c1-6-22(28-23-12-8-10-18(3)20(23)5)24(27)26-15-13-25(14-16-26)21-11-7-9-17(2)19(21)4/h7-12,22H,6,13-16H2,1-5H3/t22-/m0/s1. The third-order valence-corrected chi connectivity index (χ3v) is 5.98. The number of benzene rings is 2. The Balaban J connectivity index is 1.65. The number of carbonyl (C=O) groups is 1. The van der Waals surface area contributed by atoms with Crippen LogP contribution in [0.25, 0.3) is 0 Å². The molecule has 1 saturated heterocycles. The summed E-state index contributed by atoms with van der Waals surface area (Å²) in [7, 11) is 0. The lowest BCUT2D eigenvalue weighted by molar-refractivity contribution is -0.139. The Morgan fingerprint density at radius 1 is 0.929 bits per heavy atom. The molecule has 0 N–H and O–H groups in total. The quantitative estimate of drug-likeness (QED) is 0.769. The zero-order chi connectivity index (χ0) is 20.3. The second-order valence-electron chi connectivity index (χ2n) is 7.74. The minimum absolute atomic E-state index is 0.101. The van der Waals surface area contributed by atoms with Crippen molar-refractivity contribution in [2.45, 2.75) is 47.1 Å². The van der Waals surface area contributed by atoms with Gasteiger partial charge in [0.05, 0.1) is 0 Å². The van der Waals surface area contributed by atoms with E-state index in [1.807, 2.05) is 30.9 Å². The summed E-state index contributed by atoms with van der Waals surface area (Å²) in [4.78, 5) is 17.4. The predicted octanol–water partition coefficient (Wildman–Crippen LogP) is 4.43. The van der Waals surface area contributed by atoms with Crippen molar-refractivity contribution in [3.63, 3.8) is 0 Å². The minimum atomic E-state index is -0.423. The van der Waals surface area contributed by atoms with Gasteiger partial charge < -0.3 is 14.5 Å². The maximum absolute atomic E-state index is 13.1. The second kappa shape index (κ2) is 8.68. The van der Waals surface area contributed by atoms with Crippen LogP contribution in [0.15, 0.2) is 36.4 Å². The zero-order valence-electron chi connectivity index (χ0n) is 17.8. The third kappa shape index (κ3) is 4.16. The number of piperazine rings is 1. The molecule has 0 radical (unpaired) electrons. The molecule has 3 rings (SSSR count). The first-order valence-electron chi connectivity index (χ1n) is 10.2. The van der Waals surface area contributed by atoms with E-state index in [9.17, 15) is 4.79 Å². The smallest absolute Gasteiger partial charge is 0.263 e. The average Bonchev–Trinajstić information content (AvgIpc) is 2.71. The summed E-state index contributed by atoms with van der Waals surface area (Å²) in [5.74, 6) is 0.915. The lowest BCUT2D eigenvalue weighted by atomic mass is 10.1. The molecule has 1 fully saturated rings. The highest BCUT2D eigenvalue weighted by molar-refractivity contribution is 5.81. The molecule has 1 atom stereocenters. The summed E-state index contributed by atoms with van der Waals surface area (Å²) in [5, 5.41) is 0. The van der Waals surface area contributed by atoms with Crippen molar-refractivity contribution in [2.75, 3.05) is 31.1 Å². The van der Waals surface area contributed by atoms with E-state index in [0.29, 0.717) is 6.42 Å². The summed E-state index contributed by atoms with van der Waals surface area (Å²) in [6, 6.07) is 12.4. The first kappa shape index (κ1) is 20.2. The highest BCUT2D eigenvalue weighted by Gasteiger charge is 2.28. The van der Waals surface area contributed by atoms with Gasteiger partial charge in [-0.05, 0) is 68.5 Å². The molecule has 0 spiro atoms. The SMILES string of the molecule is CC[C@H](Oc1cccc(C)c1C)C(=O)N1CCN(c2cccc(C)c2C)CC1. The van der Waals surface area contributed by atoms with Crippen molar-refractivity contribution >= 4 is 11.6 Å². The lowest BCUT2D eigenvalue weighted by Gasteiger charge is -2.38. The third-order valence-electron chi connectivity index (χ3n) is 5.98. The molecule has 2 aromatic carbocycles. The van der Waals surface area contributed by atoms with E-state index in [2.05, 4.69) is 49.9 Å². The molecule has 1 aliphatic heterocycles. The van der Waals surface area contributed by atoms with Gasteiger partial charge in [-0.2, -0.15) is 0 Å². The van der Waals surface area contributed by atoms with Gasteiger partial charge in [-0.3, -0.25) is 4.79 Å². The molecule has 1 aliphatic rings. The fourth-order valence-electron chi connectivity index (χ4n) is 3.76. The van der Waals surface area contributed by atoms with Gasteiger partial charge >= 0.3 is 0 Å². The Morgan fingerprint density at radius 2 is 1.54 bits per heavy atom. The number of aryl methyl sites for hydroxylation is 2. The van der Waals surface area contributed by atoms with Gasteiger partial charge in [0.25, 0.3) is 5.91 Å². The molecule has 0 bridgehead atoms. The minimum Gasteiger partial charge on any atom is -0.480 e. The average molecular weight is 381 g/mol. The molecule has 4 nitrogen and oxygen atoms in total. The molecule has 0 saturated carbocycles. The molecule has 0 aromatic heterocycles. The molecule has 28 heavy (non-hydrogen) atoms. The number of carbonyl (C=O) groups excluding carboxylic acids is 1. The van der Waals surface area contributed by atoms with Gasteiger partial charge in [0.15, 0.2) is 6.10 Å². The summed E-state index contributed by atoms with van der Waals surface area (Å²) in [5.41, 5.74) is 6.21. The Morgan fingerprint density at radius 3 is 2.18 bits per heavy atom. The van der Waals surface area contributed by atoms with Crippen LogP contribution in [0.1, 0.15) is 35.6 Å². The monoisotopic (exact) mass is 380 g/mol. The number of hydrogen-bond donors (Lipinski definition) is 0. The molecule has 1 heterocycles. The van der Waals surface area contributed by atoms with Gasteiger partial charge in [-0.25, -0.2) is 0 Å². The van der Waals surface area contributed by atoms with Crippen LogP contribution in [-0.2, 0) is 4.79 Å². The van der Waals surface area contributed by atoms with Crippen molar-refractivity contribution in [2.24, 2.45) is 0 Å². The topological polar surface area (TPSA) is 32.8 Å². The summed E-state index contributed by atoms with van der Waals surface area (Å²) in [6.45, 7) is 13.6. The largest absolute Gasteiger partial charge is 0.480 e. The molecular weight excluding hydrogens is 348 g/mol. The predicted molar refractivity (Wildman–Crippen MR) is 115 cm³/mol. The number of anilines is 1. The van der Waals surface area contributed by atoms with E-state index in [1.54, 1.807) is 0 Å². The van der Waals surface area contributed by atoms with Gasteiger partial charge in [-0.1, -0.05) is 31.2 Å². The first-order valence-corrected chi connectivity index (χ1v) is 10.2. The van der Waals surface area contributed by atoms with Crippen molar-refractivity contribution in [3.8, 4) is 5.75 Å². The fourth-order valence-corrected chi connectivity index (χ4v) is 3.76. The maximum Gasteiger partial charge on any atom is 0.263 e. The van der Waals surface area contributed by atoms with Gasteiger partial charge in [0.1, 0.15) is 5.75 Å². The van der Waals surface area contributed by atoms with E-state index in [4.69, 9.17) is 4.74 Å². The molecule has 0 aliphatic carbocycles. The van der Waals surface area contributed by atoms with E-state index in [1.165, 1.54) is 22.4 Å². The van der Waals surface area contributed by atoms with Crippen molar-refractivity contribution in [1.82, 2.24) is 4.90 Å². The van der Waals surface area contributed by atoms with E-state index in [-0.39, 0.29) is 5.91 Å². The van der Waals surface area contributed by atoms with Crippen LogP contribution in [0.4, 0.5) is 5.69 Å². The van der Waals surface area contributed by atoms with Crippen LogP contribution in [0, 0.1) is 27.7 Å². The number of ether oxygens (including phenoxy) is 1. The maximum atomic E-state index is 13.1. The van der Waals surface area contributed by atoms with Gasteiger partial charge in [0, 0.05) is 31.9 Å². The zero-order valence-corrected chi connectivity index (χ0v) is 17.8. The van der Waals surface area contributed by atoms with Crippen LogP contribution in [0.3, 0.4) is 0 Å². The molecule has 4 heteroatoms. The highest BCUT2D eigenvalue weighted by atomic mass is 16.5. The summed E-state index contributed by atoms with van der Waals surface area (Å²) >= 11 is 0. The molecule has 150 valence electrons. The van der Waals surface area contributed by atoms with Crippen LogP contribution in [0.5, 0.6) is 5.75 Å². The van der Waals surface area contributed by atoms with Crippen molar-refractivity contribution in [1.29, 1.82) is 0 Å². The number of amides is 1. The van der Waals surface area contributed by atoms with Crippen LogP contribution < -0.4 is 9.64 Å². The summed E-state index contributed by atoms with van der Waals surface area (Å²) in [6.07, 6.45) is 0.247. The Hall–Kier alpha value is -2.49. The molecule has 2 aromatic rings. The Kier molecular flexibility index (Phi) is 6.28. The van der Waals surface area contributed by atoms with Crippen LogP contribution in [0.2, 0.25) is 0 Å². The van der Waals surface area contributed by atoms with E-state index in [0.717, 1.165) is 37.5 Å². The van der Waals surface area contributed by atoms with E-state index >= 15 is 0 Å². The summed E-state index contributed by atoms with van der Waals surface area (Å²) < 4.78 is 6.13. The second-order valence-corrected chi connectivity index (χ2v) is 7.74. The molecule has 0 unspecified atom stereocenters. The van der Waals surface area contributed by atoms with Crippen LogP contribution >= 0.6 is 0 Å². The van der Waals surface area contributed by atoms with Gasteiger partial charge in [-0.15, -0.1) is 0 Å². The normalized spacial score (nSPS) is 15.5. The van der Waals surface area contributed by atoms with E-state index < -0.39 is 6.10 Å². The Bertz CT molecular complexity index is 838. The van der Waals surface area contributed by atoms with Gasteiger partial charge in [0.2, 0.25) is 0 Å². The molecule has 1 amide bonds. The number of rotatable bonds is 5. The molecular formula is C24H32N2O2. The van der Waals surface area contributed by atoms with Crippen LogP contribution in [-0.4, -0.2) is 43.1 Å². The number of hydrogen-bond acceptors (Lipinski definition) is 3. The highest BCUT2D eigenvalue weighted by Crippen LogP contribution is 2.25.